The number of allylic oxidation sites excluding steroid dienone is 5. The van der Waals surface area contributed by atoms with Crippen molar-refractivity contribution in [3.8, 4) is 5.75 Å². The number of nitrogens with one attached hydrogen (secondary N) is 1. The first-order valence-corrected chi connectivity index (χ1v) is 12.8. The summed E-state index contributed by atoms with van der Waals surface area (Å²) in [7, 11) is 1.19. The van der Waals surface area contributed by atoms with E-state index in [1.807, 2.05) is 27.7 Å². The fraction of sp³-hybridized carbons (Fsp3) is 0.419. The van der Waals surface area contributed by atoms with Crippen LogP contribution in [0.1, 0.15) is 77.0 Å². The Labute approximate surface area is 214 Å². The Kier molecular flexibility index (Phi) is 17.5. The summed E-state index contributed by atoms with van der Waals surface area (Å²) in [5.41, 5.74) is 7.30. The minimum atomic E-state index is 0.485. The topological polar surface area (TPSA) is 50.7 Å². The molecule has 4 nitrogen and oxygen atoms in total. The summed E-state index contributed by atoms with van der Waals surface area (Å²) in [6.45, 7) is 19.3. The zero-order chi connectivity index (χ0) is 26.6. The smallest absolute Gasteiger partial charge is 0.122 e. The average molecular weight is 479 g/mol. The van der Waals surface area contributed by atoms with Crippen LogP contribution in [-0.2, 0) is 6.42 Å². The predicted octanol–water partition coefficient (Wildman–Crippen LogP) is 9.38. The molecule has 0 bridgehead atoms. The number of nitrogens with zero attached hydrogens (tertiary/aromatic N) is 1. The van der Waals surface area contributed by atoms with Crippen molar-refractivity contribution < 1.29 is 4.74 Å². The van der Waals surface area contributed by atoms with Crippen LogP contribution < -0.4 is 10.1 Å². The number of aryl methyl sites for hydroxylation is 1. The van der Waals surface area contributed by atoms with Gasteiger partial charge in [0.05, 0.1) is 13.7 Å². The van der Waals surface area contributed by atoms with Gasteiger partial charge in [-0.1, -0.05) is 93.1 Å². The van der Waals surface area contributed by atoms with E-state index in [2.05, 4.69) is 98.5 Å². The van der Waals surface area contributed by atoms with Gasteiger partial charge in [-0.05, 0) is 68.9 Å². The van der Waals surface area contributed by atoms with Gasteiger partial charge in [0.15, 0.2) is 0 Å². The van der Waals surface area contributed by atoms with E-state index < -0.39 is 0 Å². The lowest BCUT2D eigenvalue weighted by molar-refractivity contribution is 0.267. The molecule has 2 aromatic rings. The van der Waals surface area contributed by atoms with Gasteiger partial charge in [0, 0.05) is 17.8 Å². The molecule has 4 heteroatoms. The Balaban J connectivity index is 0.00000150. The molecule has 1 N–H and O–H groups in total. The molecule has 2 aromatic carbocycles. The van der Waals surface area contributed by atoms with E-state index in [0.29, 0.717) is 5.92 Å². The highest BCUT2D eigenvalue weighted by Gasteiger charge is 2.22. The molecule has 0 saturated heterocycles. The molecule has 0 spiro atoms. The summed E-state index contributed by atoms with van der Waals surface area (Å²) in [6.07, 6.45) is 9.45. The number of rotatable bonds is 7. The first-order chi connectivity index (χ1) is 17.0. The highest BCUT2D eigenvalue weighted by atomic mass is 16.5. The molecule has 3 rings (SSSR count). The Morgan fingerprint density at radius 1 is 1.11 bits per heavy atom. The number of hydrogen-bond donors (Lipinski definition) is 1. The lowest BCUT2D eigenvalue weighted by atomic mass is 9.87. The third-order valence-corrected chi connectivity index (χ3v) is 5.27. The first kappa shape index (κ1) is 31.9. The summed E-state index contributed by atoms with van der Waals surface area (Å²) < 4.78 is 5.91. The molecule has 1 heterocycles. The number of nitroso groups, excluding NO2 is 1. The van der Waals surface area contributed by atoms with Gasteiger partial charge in [-0.25, -0.2) is 0 Å². The molecule has 0 fully saturated rings. The van der Waals surface area contributed by atoms with Crippen molar-refractivity contribution >= 4 is 5.69 Å². The van der Waals surface area contributed by atoms with Gasteiger partial charge < -0.3 is 10.1 Å². The maximum Gasteiger partial charge on any atom is 0.122 e. The molecule has 1 aliphatic rings. The van der Waals surface area contributed by atoms with Crippen molar-refractivity contribution in [2.75, 3.05) is 19.0 Å². The lowest BCUT2D eigenvalue weighted by Gasteiger charge is -2.27. The van der Waals surface area contributed by atoms with Crippen LogP contribution in [0.25, 0.3) is 0 Å². The van der Waals surface area contributed by atoms with Crippen LogP contribution >= 0.6 is 0 Å². The van der Waals surface area contributed by atoms with Crippen molar-refractivity contribution in [3.05, 3.63) is 100 Å². The van der Waals surface area contributed by atoms with Crippen LogP contribution in [-0.4, -0.2) is 13.7 Å². The van der Waals surface area contributed by atoms with E-state index in [1.165, 1.54) is 29.3 Å². The van der Waals surface area contributed by atoms with Gasteiger partial charge in [-0.3, -0.25) is 0 Å². The summed E-state index contributed by atoms with van der Waals surface area (Å²) >= 11 is 0. The fourth-order valence-corrected chi connectivity index (χ4v) is 3.74. The van der Waals surface area contributed by atoms with Crippen molar-refractivity contribution in [3.63, 3.8) is 0 Å². The molecule has 0 aliphatic carbocycles. The Hall–Kier alpha value is -3.14. The van der Waals surface area contributed by atoms with Crippen molar-refractivity contribution in [1.82, 2.24) is 0 Å². The predicted molar refractivity (Wildman–Crippen MR) is 155 cm³/mol. The lowest BCUT2D eigenvalue weighted by Crippen LogP contribution is -2.15. The molecule has 1 aliphatic heterocycles. The summed E-state index contributed by atoms with van der Waals surface area (Å²) in [4.78, 5) is 8.56. The zero-order valence-electron chi connectivity index (χ0n) is 23.2. The van der Waals surface area contributed by atoms with Crippen LogP contribution in [0.2, 0.25) is 0 Å². The van der Waals surface area contributed by atoms with Crippen LogP contribution in [0.15, 0.2) is 83.7 Å². The van der Waals surface area contributed by atoms with Crippen molar-refractivity contribution in [1.29, 1.82) is 0 Å². The van der Waals surface area contributed by atoms with E-state index in [9.17, 15) is 0 Å². The first-order valence-electron chi connectivity index (χ1n) is 12.8. The summed E-state index contributed by atoms with van der Waals surface area (Å²) in [5, 5.41) is 5.74. The minimum absolute atomic E-state index is 0.485. The van der Waals surface area contributed by atoms with Crippen molar-refractivity contribution in [2.24, 2.45) is 5.18 Å². The number of fused-ring (bicyclic) bond motifs is 1. The van der Waals surface area contributed by atoms with E-state index in [0.717, 1.165) is 43.0 Å². The quantitative estimate of drug-likeness (QED) is 0.318. The molecule has 0 radical (unpaired) electrons. The standard InChI is InChI=1S/C26H31NO.2C2H6.CH3NO/c1-5-7-21(6-2)17-23-14-15-28-26-13-12-24(18-25(23)26)27-20(4)16-22-10-8-19(3)9-11-22;2*1-2;1-2-3/h5-13,18,23,27H,4,14-17H2,1-3H3;2*1-2H3;1H3/b7-5-,21-6+;;;. The van der Waals surface area contributed by atoms with Crippen LogP contribution in [0, 0.1) is 11.8 Å². The van der Waals surface area contributed by atoms with Crippen LogP contribution in [0.5, 0.6) is 5.75 Å². The highest BCUT2D eigenvalue weighted by molar-refractivity contribution is 5.56. The highest BCUT2D eigenvalue weighted by Crippen LogP contribution is 2.39. The second kappa shape index (κ2) is 19.2. The molecule has 35 heavy (non-hydrogen) atoms. The van der Waals surface area contributed by atoms with Gasteiger partial charge in [-0.2, -0.15) is 4.91 Å². The van der Waals surface area contributed by atoms with Gasteiger partial charge >= 0.3 is 0 Å². The van der Waals surface area contributed by atoms with Crippen molar-refractivity contribution in [2.45, 2.75) is 73.6 Å². The third kappa shape index (κ3) is 11.7. The molecule has 0 aromatic heterocycles. The number of ether oxygens (including phenoxy) is 1. The van der Waals surface area contributed by atoms with Crippen LogP contribution in [0.3, 0.4) is 0 Å². The van der Waals surface area contributed by atoms with Gasteiger partial charge in [-0.15, -0.1) is 0 Å². The monoisotopic (exact) mass is 478 g/mol. The molecule has 192 valence electrons. The largest absolute Gasteiger partial charge is 0.493 e. The average Bonchev–Trinajstić information content (AvgIpc) is 2.88. The normalized spacial score (nSPS) is 13.9. The van der Waals surface area contributed by atoms with Crippen LogP contribution in [0.4, 0.5) is 5.69 Å². The molecule has 1 atom stereocenters. The summed E-state index contributed by atoms with van der Waals surface area (Å²) in [6, 6.07) is 15.0. The molecule has 0 amide bonds. The molecular weight excluding hydrogens is 432 g/mol. The summed E-state index contributed by atoms with van der Waals surface area (Å²) in [5.74, 6) is 1.50. The molecule has 0 saturated carbocycles. The fourth-order valence-electron chi connectivity index (χ4n) is 3.74. The van der Waals surface area contributed by atoms with Gasteiger partial charge in [0.2, 0.25) is 0 Å². The maximum absolute atomic E-state index is 8.56. The Bertz CT molecular complexity index is 927. The van der Waals surface area contributed by atoms with Gasteiger partial charge in [0.25, 0.3) is 0 Å². The minimum Gasteiger partial charge on any atom is -0.493 e. The Morgan fingerprint density at radius 2 is 1.74 bits per heavy atom. The molecule has 1 unspecified atom stereocenters. The van der Waals surface area contributed by atoms with E-state index in [1.54, 1.807) is 0 Å². The van der Waals surface area contributed by atoms with E-state index in [-0.39, 0.29) is 0 Å². The zero-order valence-corrected chi connectivity index (χ0v) is 23.2. The maximum atomic E-state index is 8.56. The number of anilines is 1. The second-order valence-corrected chi connectivity index (χ2v) is 7.73. The third-order valence-electron chi connectivity index (χ3n) is 5.27. The number of benzene rings is 2. The van der Waals surface area contributed by atoms with E-state index in [4.69, 9.17) is 9.64 Å². The van der Waals surface area contributed by atoms with Gasteiger partial charge in [0.1, 0.15) is 5.75 Å². The number of hydrogen-bond acceptors (Lipinski definition) is 4. The SMILES string of the molecule is C=C(Cc1ccc(C)cc1)Nc1ccc2c(c1)C(CC(/C=C\C)=C/C)CCO2.CC.CC.CN=O. The Morgan fingerprint density at radius 3 is 2.31 bits per heavy atom. The van der Waals surface area contributed by atoms with E-state index >= 15 is 0 Å². The molecular formula is C31H46N2O2. The second-order valence-electron chi connectivity index (χ2n) is 7.73.